The van der Waals surface area contributed by atoms with Crippen LogP contribution >= 0.6 is 12.4 Å². The van der Waals surface area contributed by atoms with Crippen molar-refractivity contribution >= 4 is 24.2 Å². The molecular weight excluding hydrogens is 322 g/mol. The lowest BCUT2D eigenvalue weighted by atomic mass is 10.1. The van der Waals surface area contributed by atoms with Gasteiger partial charge in [0.25, 0.3) is 11.8 Å². The summed E-state index contributed by atoms with van der Waals surface area (Å²) in [7, 11) is 1.47. The fourth-order valence-electron chi connectivity index (χ4n) is 2.32. The van der Waals surface area contributed by atoms with Gasteiger partial charge in [0, 0.05) is 18.2 Å². The minimum Gasteiger partial charge on any atom is -0.493 e. The number of carbonyl (C=O) groups excluding carboxylic acids is 2. The summed E-state index contributed by atoms with van der Waals surface area (Å²) in [6.07, 6.45) is 2.02. The van der Waals surface area contributed by atoms with E-state index in [1.54, 1.807) is 18.2 Å². The maximum Gasteiger partial charge on any atom is 0.255 e. The number of hydrogen-bond acceptors (Lipinski definition) is 5. The Balaban J connectivity index is 0.00000264. The molecule has 1 saturated heterocycles. The fourth-order valence-corrected chi connectivity index (χ4v) is 2.32. The van der Waals surface area contributed by atoms with Crippen LogP contribution in [0.15, 0.2) is 18.2 Å². The number of hydrogen-bond donors (Lipinski definition) is 3. The number of methoxy groups -OCH3 is 1. The van der Waals surface area contributed by atoms with Gasteiger partial charge in [-0.25, -0.2) is 0 Å². The number of piperidine rings is 1. The molecule has 1 fully saturated rings. The normalized spacial score (nSPS) is 16.8. The lowest BCUT2D eigenvalue weighted by molar-refractivity contribution is -0.119. The molecule has 8 heteroatoms. The highest BCUT2D eigenvalue weighted by molar-refractivity contribution is 5.95. The van der Waals surface area contributed by atoms with E-state index < -0.39 is 5.91 Å². The van der Waals surface area contributed by atoms with Crippen molar-refractivity contribution in [2.75, 3.05) is 26.8 Å². The molecule has 0 unspecified atom stereocenters. The fraction of sp³-hybridized carbons (Fsp3) is 0.467. The van der Waals surface area contributed by atoms with Gasteiger partial charge in [0.2, 0.25) is 0 Å². The van der Waals surface area contributed by atoms with E-state index >= 15 is 0 Å². The molecule has 1 aromatic rings. The smallest absolute Gasteiger partial charge is 0.255 e. The molecule has 1 heterocycles. The van der Waals surface area contributed by atoms with E-state index in [0.29, 0.717) is 17.1 Å². The second-order valence-electron chi connectivity index (χ2n) is 5.14. The van der Waals surface area contributed by atoms with Gasteiger partial charge in [0.1, 0.15) is 0 Å². The topological polar surface area (TPSA) is 103 Å². The molecule has 0 radical (unpaired) electrons. The number of primary amides is 1. The number of halogens is 1. The van der Waals surface area contributed by atoms with Gasteiger partial charge in [0.15, 0.2) is 18.1 Å². The number of nitrogens with one attached hydrogen (secondary N) is 2. The van der Waals surface area contributed by atoms with E-state index in [9.17, 15) is 9.59 Å². The van der Waals surface area contributed by atoms with Crippen molar-refractivity contribution in [3.63, 3.8) is 0 Å². The van der Waals surface area contributed by atoms with E-state index in [4.69, 9.17) is 15.2 Å². The monoisotopic (exact) mass is 343 g/mol. The average molecular weight is 344 g/mol. The van der Waals surface area contributed by atoms with Crippen LogP contribution < -0.4 is 25.8 Å². The largest absolute Gasteiger partial charge is 0.493 e. The summed E-state index contributed by atoms with van der Waals surface area (Å²) in [6.45, 7) is 1.53. The van der Waals surface area contributed by atoms with Gasteiger partial charge in [-0.05, 0) is 37.6 Å². The molecule has 1 atom stereocenters. The predicted molar refractivity (Wildman–Crippen MR) is 88.3 cm³/mol. The third-order valence-corrected chi connectivity index (χ3v) is 3.43. The zero-order valence-corrected chi connectivity index (χ0v) is 13.8. The van der Waals surface area contributed by atoms with E-state index in [1.807, 2.05) is 0 Å². The molecule has 7 nitrogen and oxygen atoms in total. The Morgan fingerprint density at radius 3 is 2.78 bits per heavy atom. The first kappa shape index (κ1) is 19.1. The average Bonchev–Trinajstić information content (AvgIpc) is 2.53. The summed E-state index contributed by atoms with van der Waals surface area (Å²) in [4.78, 5) is 23.0. The first-order chi connectivity index (χ1) is 10.6. The van der Waals surface area contributed by atoms with Crippen LogP contribution in [0.1, 0.15) is 23.2 Å². The zero-order chi connectivity index (χ0) is 15.9. The van der Waals surface area contributed by atoms with E-state index in [0.717, 1.165) is 25.9 Å². The molecule has 128 valence electrons. The van der Waals surface area contributed by atoms with Crippen LogP contribution in [-0.4, -0.2) is 44.7 Å². The van der Waals surface area contributed by atoms with Gasteiger partial charge in [-0.15, -0.1) is 12.4 Å². The maximum absolute atomic E-state index is 12.2. The van der Waals surface area contributed by atoms with Crippen molar-refractivity contribution < 1.29 is 19.1 Å². The third-order valence-electron chi connectivity index (χ3n) is 3.43. The highest BCUT2D eigenvalue weighted by atomic mass is 35.5. The minimum absolute atomic E-state index is 0. The van der Waals surface area contributed by atoms with Gasteiger partial charge in [-0.1, -0.05) is 0 Å². The number of rotatable bonds is 6. The molecule has 0 aromatic heterocycles. The first-order valence-electron chi connectivity index (χ1n) is 7.21. The van der Waals surface area contributed by atoms with Gasteiger partial charge >= 0.3 is 0 Å². The SMILES string of the molecule is COc1cc(C(=O)N[C@H]2CCCNC2)ccc1OCC(N)=O.Cl. The van der Waals surface area contributed by atoms with Crippen LogP contribution in [0.5, 0.6) is 11.5 Å². The zero-order valence-electron chi connectivity index (χ0n) is 13.0. The van der Waals surface area contributed by atoms with Crippen LogP contribution in [0.25, 0.3) is 0 Å². The summed E-state index contributed by atoms with van der Waals surface area (Å²) in [5, 5.41) is 6.23. The molecular formula is C15H22ClN3O4. The van der Waals surface area contributed by atoms with E-state index in [2.05, 4.69) is 10.6 Å². The van der Waals surface area contributed by atoms with Crippen molar-refractivity contribution in [3.05, 3.63) is 23.8 Å². The summed E-state index contributed by atoms with van der Waals surface area (Å²) < 4.78 is 10.4. The van der Waals surface area contributed by atoms with Crippen LogP contribution in [-0.2, 0) is 4.79 Å². The van der Waals surface area contributed by atoms with Crippen LogP contribution in [0.2, 0.25) is 0 Å². The number of nitrogens with two attached hydrogens (primary N) is 1. The Morgan fingerprint density at radius 1 is 1.39 bits per heavy atom. The van der Waals surface area contributed by atoms with Crippen molar-refractivity contribution in [2.45, 2.75) is 18.9 Å². The second kappa shape index (κ2) is 9.22. The maximum atomic E-state index is 12.2. The molecule has 2 rings (SSSR count). The Labute approximate surface area is 141 Å². The van der Waals surface area contributed by atoms with Crippen molar-refractivity contribution in [1.82, 2.24) is 10.6 Å². The molecule has 1 aliphatic heterocycles. The Hall–Kier alpha value is -1.99. The highest BCUT2D eigenvalue weighted by Crippen LogP contribution is 2.28. The van der Waals surface area contributed by atoms with Crippen molar-refractivity contribution in [2.24, 2.45) is 5.73 Å². The molecule has 4 N–H and O–H groups in total. The molecule has 0 spiro atoms. The van der Waals surface area contributed by atoms with E-state index in [1.165, 1.54) is 7.11 Å². The number of carbonyl (C=O) groups is 2. The summed E-state index contributed by atoms with van der Waals surface area (Å²) in [5.74, 6) is 0.0231. The lowest BCUT2D eigenvalue weighted by Crippen LogP contribution is -2.45. The standard InChI is InChI=1S/C15H21N3O4.ClH/c1-21-13-7-10(4-5-12(13)22-9-14(16)19)15(20)18-11-3-2-6-17-8-11;/h4-5,7,11,17H,2-3,6,8-9H2,1H3,(H2,16,19)(H,18,20);1H/t11-;/m0./s1. The van der Waals surface area contributed by atoms with Gasteiger partial charge < -0.3 is 25.8 Å². The second-order valence-corrected chi connectivity index (χ2v) is 5.14. The Morgan fingerprint density at radius 2 is 2.17 bits per heavy atom. The Bertz CT molecular complexity index is 548. The predicted octanol–water partition coefficient (Wildman–Crippen LogP) is 0.463. The number of benzene rings is 1. The highest BCUT2D eigenvalue weighted by Gasteiger charge is 2.17. The van der Waals surface area contributed by atoms with Gasteiger partial charge in [-0.2, -0.15) is 0 Å². The van der Waals surface area contributed by atoms with Crippen LogP contribution in [0.4, 0.5) is 0 Å². The van der Waals surface area contributed by atoms with Crippen LogP contribution in [0, 0.1) is 0 Å². The molecule has 1 aliphatic rings. The minimum atomic E-state index is -0.575. The first-order valence-corrected chi connectivity index (χ1v) is 7.21. The van der Waals surface area contributed by atoms with Crippen LogP contribution in [0.3, 0.4) is 0 Å². The molecule has 0 bridgehead atoms. The molecule has 2 amide bonds. The van der Waals surface area contributed by atoms with E-state index in [-0.39, 0.29) is 31.0 Å². The lowest BCUT2D eigenvalue weighted by Gasteiger charge is -2.24. The summed E-state index contributed by atoms with van der Waals surface area (Å²) in [5.41, 5.74) is 5.52. The molecule has 0 saturated carbocycles. The molecule has 0 aliphatic carbocycles. The summed E-state index contributed by atoms with van der Waals surface area (Å²) in [6, 6.07) is 4.94. The molecule has 1 aromatic carbocycles. The quantitative estimate of drug-likeness (QED) is 0.696. The van der Waals surface area contributed by atoms with Gasteiger partial charge in [-0.3, -0.25) is 9.59 Å². The number of amides is 2. The number of ether oxygens (including phenoxy) is 2. The summed E-state index contributed by atoms with van der Waals surface area (Å²) >= 11 is 0. The third kappa shape index (κ3) is 5.61. The Kier molecular flexibility index (Phi) is 7.64. The van der Waals surface area contributed by atoms with Crippen molar-refractivity contribution in [3.8, 4) is 11.5 Å². The van der Waals surface area contributed by atoms with Gasteiger partial charge in [0.05, 0.1) is 7.11 Å². The van der Waals surface area contributed by atoms with Crippen molar-refractivity contribution in [1.29, 1.82) is 0 Å². The molecule has 23 heavy (non-hydrogen) atoms.